The van der Waals surface area contributed by atoms with Crippen LogP contribution in [-0.2, 0) is 55.6 Å². The van der Waals surface area contributed by atoms with Gasteiger partial charge in [0.2, 0.25) is 0 Å². The molecule has 61 heavy (non-hydrogen) atoms. The van der Waals surface area contributed by atoms with E-state index in [0.717, 1.165) is 77.0 Å². The van der Waals surface area contributed by atoms with Crippen molar-refractivity contribution in [3.63, 3.8) is 0 Å². The number of allylic oxidation sites excluding steroid dienone is 8. The van der Waals surface area contributed by atoms with Crippen LogP contribution in [0, 0.1) is 0 Å². The fourth-order valence-electron chi connectivity index (χ4n) is 4.90. The van der Waals surface area contributed by atoms with Gasteiger partial charge < -0.3 is 55.6 Å². The molecule has 0 radical (unpaired) electrons. The zero-order chi connectivity index (χ0) is 44.1. The smallest absolute Gasteiger partial charge is 0.377 e. The molecule has 0 aromatic rings. The molecule has 0 N–H and O–H groups in total. The summed E-state index contributed by atoms with van der Waals surface area (Å²) in [5.41, 5.74) is 0. The fraction of sp³-hybridized carbons (Fsp3) is 0.667. The molecule has 0 atom stereocenters. The summed E-state index contributed by atoms with van der Waals surface area (Å²) in [4.78, 5) is 0. The Morgan fingerprint density at radius 2 is 0.459 bits per heavy atom. The first-order valence-corrected chi connectivity index (χ1v) is 24.1. The number of unbranched alkanes of at least 4 members (excludes halogenated alkanes) is 8. The summed E-state index contributed by atoms with van der Waals surface area (Å²) in [5.74, 6) is 0. The van der Waals surface area contributed by atoms with Gasteiger partial charge in [-0.2, -0.15) is 0 Å². The molecule has 0 aliphatic rings. The van der Waals surface area contributed by atoms with Crippen LogP contribution >= 0.6 is 0 Å². The second-order valence-corrected chi connectivity index (χ2v) is 15.6. The number of rotatable bonds is 52. The molecular weight excluding hydrogens is 797 g/mol. The van der Waals surface area contributed by atoms with Crippen LogP contribution in [0.4, 0.5) is 0 Å². The summed E-state index contributed by atoms with van der Waals surface area (Å²) in [6.07, 6.45) is 36.9. The van der Waals surface area contributed by atoms with E-state index >= 15 is 0 Å². The third kappa shape index (κ3) is 47.0. The molecule has 0 saturated heterocycles. The molecular formula is C48H84O12Si. The Kier molecular flexibility index (Phi) is 50.0. The van der Waals surface area contributed by atoms with Gasteiger partial charge in [0.25, 0.3) is 0 Å². The average Bonchev–Trinajstić information content (AvgIpc) is 3.27. The lowest BCUT2D eigenvalue weighted by atomic mass is 10.2. The summed E-state index contributed by atoms with van der Waals surface area (Å²) in [6, 6.07) is 0. The SMILES string of the molecule is C=CCCCC=CCOCCOCCO[Si](OCCOCCOCC=CCCCC=C)(OCCOCCOCC=CCCCC=C)OCCOCCOCC=CCCCC=C. The summed E-state index contributed by atoms with van der Waals surface area (Å²) in [7, 11) is -3.70. The Balaban J connectivity index is 5.06. The molecule has 13 heteroatoms. The van der Waals surface area contributed by atoms with Gasteiger partial charge in [0.1, 0.15) is 0 Å². The van der Waals surface area contributed by atoms with Crippen molar-refractivity contribution in [1.29, 1.82) is 0 Å². The minimum Gasteiger partial charge on any atom is -0.377 e. The van der Waals surface area contributed by atoms with Crippen molar-refractivity contribution in [1.82, 2.24) is 0 Å². The highest BCUT2D eigenvalue weighted by Crippen LogP contribution is 2.13. The van der Waals surface area contributed by atoms with Gasteiger partial charge in [-0.15, -0.1) is 26.3 Å². The molecule has 0 fully saturated rings. The Bertz CT molecular complexity index is 902. The number of hydrogen-bond donors (Lipinski definition) is 0. The van der Waals surface area contributed by atoms with Crippen molar-refractivity contribution in [2.45, 2.75) is 77.0 Å². The van der Waals surface area contributed by atoms with Gasteiger partial charge in [-0.05, 0) is 77.0 Å². The number of ether oxygens (including phenoxy) is 8. The van der Waals surface area contributed by atoms with Gasteiger partial charge in [-0.3, -0.25) is 0 Å². The van der Waals surface area contributed by atoms with Gasteiger partial charge in [-0.25, -0.2) is 0 Å². The highest BCUT2D eigenvalue weighted by Gasteiger charge is 2.46. The Labute approximate surface area is 372 Å². The summed E-state index contributed by atoms with van der Waals surface area (Å²) in [6.45, 7) is 22.7. The van der Waals surface area contributed by atoms with Gasteiger partial charge in [0.15, 0.2) is 0 Å². The molecule has 0 rings (SSSR count). The fourth-order valence-corrected chi connectivity index (χ4v) is 6.73. The monoisotopic (exact) mass is 881 g/mol. The zero-order valence-electron chi connectivity index (χ0n) is 37.8. The molecule has 352 valence electrons. The molecule has 0 heterocycles. The van der Waals surface area contributed by atoms with E-state index in [1.165, 1.54) is 0 Å². The first kappa shape index (κ1) is 58.7. The van der Waals surface area contributed by atoms with Crippen LogP contribution in [0.3, 0.4) is 0 Å². The maximum atomic E-state index is 6.25. The van der Waals surface area contributed by atoms with E-state index in [4.69, 9.17) is 55.6 Å². The van der Waals surface area contributed by atoms with E-state index < -0.39 is 9.05 Å². The summed E-state index contributed by atoms with van der Waals surface area (Å²) in [5, 5.41) is 0. The van der Waals surface area contributed by atoms with E-state index in [-0.39, 0.29) is 26.4 Å². The van der Waals surface area contributed by atoms with Crippen molar-refractivity contribution in [2.24, 2.45) is 0 Å². The second kappa shape index (κ2) is 52.0. The van der Waals surface area contributed by atoms with E-state index in [2.05, 4.69) is 50.6 Å². The van der Waals surface area contributed by atoms with E-state index in [9.17, 15) is 0 Å². The van der Waals surface area contributed by atoms with Crippen LogP contribution in [0.25, 0.3) is 0 Å². The molecule has 0 unspecified atom stereocenters. The Morgan fingerprint density at radius 3 is 0.689 bits per heavy atom. The zero-order valence-corrected chi connectivity index (χ0v) is 38.8. The quantitative estimate of drug-likeness (QED) is 0.0330. The third-order valence-corrected chi connectivity index (χ3v) is 10.4. The molecule has 0 amide bonds. The molecule has 0 aliphatic heterocycles. The van der Waals surface area contributed by atoms with Crippen LogP contribution < -0.4 is 0 Å². The Morgan fingerprint density at radius 1 is 0.246 bits per heavy atom. The lowest BCUT2D eigenvalue weighted by molar-refractivity contribution is -0.0735. The van der Waals surface area contributed by atoms with E-state index in [0.29, 0.717) is 106 Å². The van der Waals surface area contributed by atoms with Crippen LogP contribution in [-0.4, -0.2) is 141 Å². The lowest BCUT2D eigenvalue weighted by Gasteiger charge is -2.28. The maximum absolute atomic E-state index is 6.25. The van der Waals surface area contributed by atoms with Gasteiger partial charge in [0.05, 0.1) is 132 Å². The van der Waals surface area contributed by atoms with Crippen molar-refractivity contribution >= 4 is 9.05 Å². The highest BCUT2D eigenvalue weighted by atomic mass is 28.4. The molecule has 0 spiro atoms. The van der Waals surface area contributed by atoms with Crippen molar-refractivity contribution in [2.75, 3.05) is 132 Å². The minimum atomic E-state index is -3.70. The van der Waals surface area contributed by atoms with Crippen LogP contribution in [0.5, 0.6) is 0 Å². The van der Waals surface area contributed by atoms with E-state index in [1.807, 2.05) is 48.6 Å². The largest absolute Gasteiger partial charge is 0.680 e. The lowest BCUT2D eigenvalue weighted by Crippen LogP contribution is -2.51. The highest BCUT2D eigenvalue weighted by molar-refractivity contribution is 6.53. The van der Waals surface area contributed by atoms with Gasteiger partial charge in [0, 0.05) is 0 Å². The van der Waals surface area contributed by atoms with Crippen LogP contribution in [0.2, 0.25) is 0 Å². The molecule has 0 aromatic carbocycles. The molecule has 0 saturated carbocycles. The maximum Gasteiger partial charge on any atom is 0.680 e. The predicted molar refractivity (Wildman–Crippen MR) is 249 cm³/mol. The number of hydrogen-bond acceptors (Lipinski definition) is 12. The van der Waals surface area contributed by atoms with E-state index in [1.54, 1.807) is 0 Å². The van der Waals surface area contributed by atoms with Crippen molar-refractivity contribution in [3.05, 3.63) is 99.2 Å². The topological polar surface area (TPSA) is 111 Å². The van der Waals surface area contributed by atoms with Crippen molar-refractivity contribution < 1.29 is 55.6 Å². The van der Waals surface area contributed by atoms with Gasteiger partial charge in [-0.1, -0.05) is 72.9 Å². The third-order valence-electron chi connectivity index (χ3n) is 8.15. The normalized spacial score (nSPS) is 13.0. The van der Waals surface area contributed by atoms with Crippen LogP contribution in [0.15, 0.2) is 99.2 Å². The minimum absolute atomic E-state index is 0.191. The first-order valence-electron chi connectivity index (χ1n) is 22.5. The molecule has 0 aromatic heterocycles. The summed E-state index contributed by atoms with van der Waals surface area (Å²) < 4.78 is 70.8. The molecule has 0 aliphatic carbocycles. The second-order valence-electron chi connectivity index (χ2n) is 13.4. The Hall–Kier alpha value is -2.34. The molecule has 0 bridgehead atoms. The molecule has 12 nitrogen and oxygen atoms in total. The van der Waals surface area contributed by atoms with Crippen LogP contribution in [0.1, 0.15) is 77.0 Å². The van der Waals surface area contributed by atoms with Crippen molar-refractivity contribution in [3.8, 4) is 0 Å². The van der Waals surface area contributed by atoms with Gasteiger partial charge >= 0.3 is 9.05 Å². The standard InChI is InChI=1S/C48H84O12Si/c1-5-9-13-17-21-25-29-49-33-37-53-41-45-57-61(58-46-42-54-38-34-50-30-26-22-18-14-10-6-2,59-47-43-55-39-35-51-31-27-23-19-15-11-7-3)60-48-44-56-40-36-52-32-28-24-20-16-12-8-4/h5-8,21-28H,1-4,9-20,29-48H2. The summed E-state index contributed by atoms with van der Waals surface area (Å²) >= 11 is 0. The predicted octanol–water partition coefficient (Wildman–Crippen LogP) is 9.27. The average molecular weight is 881 g/mol. The first-order chi connectivity index (χ1) is 30.2.